The normalized spacial score (nSPS) is 9.71. The van der Waals surface area contributed by atoms with E-state index in [0.717, 1.165) is 5.39 Å². The van der Waals surface area contributed by atoms with Crippen molar-refractivity contribution in [2.75, 3.05) is 7.11 Å². The molecule has 4 heteroatoms. The molecule has 0 heterocycles. The van der Waals surface area contributed by atoms with E-state index in [0.29, 0.717) is 5.39 Å². The average molecular weight is 234 g/mol. The molecular weight excluding hydrogens is 220 g/mol. The van der Waals surface area contributed by atoms with E-state index in [2.05, 4.69) is 4.74 Å². The smallest absolute Gasteiger partial charge is 0.341 e. The number of methoxy groups -OCH3 is 1. The van der Waals surface area contributed by atoms with Crippen molar-refractivity contribution in [3.8, 4) is 11.5 Å². The molecule has 0 unspecified atom stereocenters. The van der Waals surface area contributed by atoms with Gasteiger partial charge in [0.05, 0.1) is 7.11 Å². The molecule has 0 aliphatic heterocycles. The van der Waals surface area contributed by atoms with Gasteiger partial charge in [0.1, 0.15) is 17.1 Å². The lowest BCUT2D eigenvalue weighted by Crippen LogP contribution is -2.01. The number of esters is 1. The van der Waals surface area contributed by atoms with Crippen LogP contribution in [0.25, 0.3) is 10.8 Å². The largest absolute Gasteiger partial charge is 0.508 e. The predicted octanol–water partition coefficient (Wildman–Crippen LogP) is 2.67. The van der Waals surface area contributed by atoms with Gasteiger partial charge in [-0.25, -0.2) is 4.79 Å². The molecule has 2 rings (SSSR count). The maximum absolute atomic E-state index is 11.3. The summed E-state index contributed by atoms with van der Waals surface area (Å²) in [5, 5.41) is 20.3. The highest BCUT2D eigenvalue weighted by molar-refractivity contribution is 5.98. The van der Waals surface area contributed by atoms with E-state index in [1.54, 1.807) is 6.07 Å². The van der Waals surface area contributed by atoms with Crippen molar-refractivity contribution in [1.82, 2.24) is 0 Å². The Labute approximate surface area is 99.1 Å². The zero-order chi connectivity index (χ0) is 11.7. The summed E-state index contributed by atoms with van der Waals surface area (Å²) < 4.78 is 4.54. The van der Waals surface area contributed by atoms with Crippen molar-refractivity contribution in [2.45, 2.75) is 7.43 Å². The van der Waals surface area contributed by atoms with Crippen LogP contribution in [0.1, 0.15) is 17.8 Å². The topological polar surface area (TPSA) is 66.8 Å². The second kappa shape index (κ2) is 4.74. The highest BCUT2D eigenvalue weighted by atomic mass is 16.5. The lowest BCUT2D eigenvalue weighted by molar-refractivity contribution is 0.0597. The van der Waals surface area contributed by atoms with Gasteiger partial charge in [-0.2, -0.15) is 0 Å². The summed E-state index contributed by atoms with van der Waals surface area (Å²) in [6, 6.07) is 7.63. The minimum absolute atomic E-state index is 0. The summed E-state index contributed by atoms with van der Waals surface area (Å²) in [6.45, 7) is 0. The van der Waals surface area contributed by atoms with E-state index in [9.17, 15) is 15.0 Å². The number of phenolic OH excluding ortho intramolecular Hbond substituents is 2. The lowest BCUT2D eigenvalue weighted by atomic mass is 10.1. The number of carbonyl (C=O) groups is 1. The number of phenols is 2. The first-order chi connectivity index (χ1) is 7.61. The minimum atomic E-state index is -0.590. The molecule has 17 heavy (non-hydrogen) atoms. The molecule has 0 saturated carbocycles. The Morgan fingerprint density at radius 2 is 1.82 bits per heavy atom. The maximum atomic E-state index is 11.3. The van der Waals surface area contributed by atoms with Crippen molar-refractivity contribution >= 4 is 16.7 Å². The molecule has 2 aromatic rings. The van der Waals surface area contributed by atoms with Crippen LogP contribution in [0.2, 0.25) is 0 Å². The van der Waals surface area contributed by atoms with E-state index in [4.69, 9.17) is 0 Å². The van der Waals surface area contributed by atoms with Crippen LogP contribution in [0.3, 0.4) is 0 Å². The molecule has 0 radical (unpaired) electrons. The van der Waals surface area contributed by atoms with Gasteiger partial charge >= 0.3 is 5.97 Å². The molecule has 0 saturated heterocycles. The molecule has 0 spiro atoms. The fourth-order valence-electron chi connectivity index (χ4n) is 1.55. The number of aromatic hydroxyl groups is 2. The molecular formula is C13H14O4. The van der Waals surface area contributed by atoms with Crippen LogP contribution in [0.15, 0.2) is 30.3 Å². The number of benzene rings is 2. The summed E-state index contributed by atoms with van der Waals surface area (Å²) in [4.78, 5) is 11.3. The fraction of sp³-hybridized carbons (Fsp3) is 0.154. The number of rotatable bonds is 1. The SMILES string of the molecule is C.COC(=O)c1cc2ccc(O)cc2cc1O. The van der Waals surface area contributed by atoms with Crippen molar-refractivity contribution in [1.29, 1.82) is 0 Å². The first-order valence-corrected chi connectivity index (χ1v) is 4.66. The summed E-state index contributed by atoms with van der Waals surface area (Å²) >= 11 is 0. The lowest BCUT2D eigenvalue weighted by Gasteiger charge is -2.05. The van der Waals surface area contributed by atoms with Gasteiger partial charge < -0.3 is 14.9 Å². The first-order valence-electron chi connectivity index (χ1n) is 4.66. The minimum Gasteiger partial charge on any atom is -0.508 e. The molecule has 0 amide bonds. The number of ether oxygens (including phenoxy) is 1. The summed E-state index contributed by atoms with van der Waals surface area (Å²) in [7, 11) is 1.25. The van der Waals surface area contributed by atoms with Gasteiger partial charge in [0, 0.05) is 0 Å². The Kier molecular flexibility index (Phi) is 3.58. The van der Waals surface area contributed by atoms with Crippen molar-refractivity contribution in [2.24, 2.45) is 0 Å². The maximum Gasteiger partial charge on any atom is 0.341 e. The highest BCUT2D eigenvalue weighted by Crippen LogP contribution is 2.27. The molecule has 0 aliphatic carbocycles. The average Bonchev–Trinajstić information content (AvgIpc) is 2.27. The Balaban J connectivity index is 0.00000144. The fourth-order valence-corrected chi connectivity index (χ4v) is 1.55. The predicted molar refractivity (Wildman–Crippen MR) is 65.3 cm³/mol. The molecule has 0 atom stereocenters. The van der Waals surface area contributed by atoms with Gasteiger partial charge in [-0.3, -0.25) is 0 Å². The van der Waals surface area contributed by atoms with Crippen LogP contribution in [-0.4, -0.2) is 23.3 Å². The molecule has 0 fully saturated rings. The highest BCUT2D eigenvalue weighted by Gasteiger charge is 2.12. The van der Waals surface area contributed by atoms with Crippen LogP contribution in [0.5, 0.6) is 11.5 Å². The summed E-state index contributed by atoms with van der Waals surface area (Å²) in [5.74, 6) is -0.643. The monoisotopic (exact) mass is 234 g/mol. The second-order valence-corrected chi connectivity index (χ2v) is 3.39. The number of carbonyl (C=O) groups excluding carboxylic acids is 1. The van der Waals surface area contributed by atoms with Gasteiger partial charge in [0.15, 0.2) is 0 Å². The third kappa shape index (κ3) is 2.30. The van der Waals surface area contributed by atoms with Crippen LogP contribution in [0.4, 0.5) is 0 Å². The zero-order valence-electron chi connectivity index (χ0n) is 8.60. The number of hydrogen-bond acceptors (Lipinski definition) is 4. The van der Waals surface area contributed by atoms with Gasteiger partial charge in [0.25, 0.3) is 0 Å². The number of fused-ring (bicyclic) bond motifs is 1. The summed E-state index contributed by atoms with van der Waals surface area (Å²) in [5.41, 5.74) is 0.112. The molecule has 2 aromatic carbocycles. The summed E-state index contributed by atoms with van der Waals surface area (Å²) in [6.07, 6.45) is 0. The molecule has 0 aliphatic rings. The van der Waals surface area contributed by atoms with Crippen molar-refractivity contribution < 1.29 is 19.7 Å². The third-order valence-electron chi connectivity index (χ3n) is 2.34. The van der Waals surface area contributed by atoms with E-state index in [1.165, 1.54) is 31.4 Å². The van der Waals surface area contributed by atoms with E-state index < -0.39 is 5.97 Å². The molecule has 4 nitrogen and oxygen atoms in total. The van der Waals surface area contributed by atoms with Crippen molar-refractivity contribution in [3.63, 3.8) is 0 Å². The first kappa shape index (κ1) is 12.8. The van der Waals surface area contributed by atoms with E-state index in [-0.39, 0.29) is 24.5 Å². The number of hydrogen-bond donors (Lipinski definition) is 2. The third-order valence-corrected chi connectivity index (χ3v) is 2.34. The van der Waals surface area contributed by atoms with Crippen molar-refractivity contribution in [3.05, 3.63) is 35.9 Å². The van der Waals surface area contributed by atoms with Gasteiger partial charge in [0.2, 0.25) is 0 Å². The Bertz CT molecular complexity index is 561. The Morgan fingerprint density at radius 3 is 2.47 bits per heavy atom. The second-order valence-electron chi connectivity index (χ2n) is 3.39. The van der Waals surface area contributed by atoms with Gasteiger partial charge in [-0.05, 0) is 35.0 Å². The molecule has 90 valence electrons. The van der Waals surface area contributed by atoms with Crippen LogP contribution in [-0.2, 0) is 4.74 Å². The van der Waals surface area contributed by atoms with E-state index >= 15 is 0 Å². The zero-order valence-corrected chi connectivity index (χ0v) is 8.60. The molecule has 0 bridgehead atoms. The standard InChI is InChI=1S/C12H10O4.CH4/c1-16-12(15)10-5-7-2-3-9(13)4-8(7)6-11(10)14;/h2-6,13-14H,1H3;1H4. The van der Waals surface area contributed by atoms with Crippen LogP contribution in [0, 0.1) is 0 Å². The van der Waals surface area contributed by atoms with Gasteiger partial charge in [-0.1, -0.05) is 13.5 Å². The van der Waals surface area contributed by atoms with Crippen LogP contribution >= 0.6 is 0 Å². The van der Waals surface area contributed by atoms with Gasteiger partial charge in [-0.15, -0.1) is 0 Å². The Hall–Kier alpha value is -2.23. The molecule has 0 aromatic heterocycles. The quantitative estimate of drug-likeness (QED) is 0.744. The molecule has 2 N–H and O–H groups in total. The van der Waals surface area contributed by atoms with Crippen LogP contribution < -0.4 is 0 Å². The van der Waals surface area contributed by atoms with E-state index in [1.807, 2.05) is 0 Å². The Morgan fingerprint density at radius 1 is 1.12 bits per heavy atom.